The Balaban J connectivity index is 0.00000288. The van der Waals surface area contributed by atoms with Gasteiger partial charge in [-0.25, -0.2) is 4.99 Å². The highest BCUT2D eigenvalue weighted by Crippen LogP contribution is 2.23. The van der Waals surface area contributed by atoms with Crippen LogP contribution in [0, 0.1) is 6.92 Å². The molecule has 0 aliphatic carbocycles. The van der Waals surface area contributed by atoms with Crippen LogP contribution in [0.4, 0.5) is 18.9 Å². The van der Waals surface area contributed by atoms with Crippen LogP contribution in [-0.4, -0.2) is 17.3 Å². The average Bonchev–Trinajstić information content (AvgIpc) is 2.46. The van der Waals surface area contributed by atoms with Crippen LogP contribution in [0.15, 0.2) is 47.5 Å². The van der Waals surface area contributed by atoms with E-state index in [9.17, 15) is 13.2 Å². The summed E-state index contributed by atoms with van der Waals surface area (Å²) in [4.78, 5) is 8.41. The van der Waals surface area contributed by atoms with Crippen LogP contribution in [0.2, 0.25) is 0 Å². The van der Waals surface area contributed by atoms with Crippen molar-refractivity contribution in [3.8, 4) is 5.75 Å². The minimum Gasteiger partial charge on any atom is -0.406 e. The van der Waals surface area contributed by atoms with Crippen LogP contribution < -0.4 is 15.8 Å². The summed E-state index contributed by atoms with van der Waals surface area (Å²) in [6, 6.07) is 10.8. The van der Waals surface area contributed by atoms with Crippen molar-refractivity contribution in [1.82, 2.24) is 4.98 Å². The van der Waals surface area contributed by atoms with Crippen molar-refractivity contribution < 1.29 is 17.9 Å². The van der Waals surface area contributed by atoms with Crippen LogP contribution in [-0.2, 0) is 6.54 Å². The number of pyridine rings is 1. The Labute approximate surface area is 154 Å². The maximum atomic E-state index is 12.1. The number of nitrogens with zero attached hydrogens (tertiary/aromatic N) is 2. The zero-order valence-corrected chi connectivity index (χ0v) is 15.0. The molecule has 0 aliphatic rings. The van der Waals surface area contributed by atoms with Gasteiger partial charge in [-0.2, -0.15) is 0 Å². The van der Waals surface area contributed by atoms with Gasteiger partial charge in [0.1, 0.15) is 5.75 Å². The third kappa shape index (κ3) is 7.02. The van der Waals surface area contributed by atoms with Crippen LogP contribution >= 0.6 is 24.0 Å². The van der Waals surface area contributed by atoms with Crippen molar-refractivity contribution in [3.63, 3.8) is 0 Å². The molecule has 0 unspecified atom stereocenters. The lowest BCUT2D eigenvalue weighted by Crippen LogP contribution is -2.22. The van der Waals surface area contributed by atoms with Gasteiger partial charge in [0.2, 0.25) is 0 Å². The molecule has 24 heavy (non-hydrogen) atoms. The summed E-state index contributed by atoms with van der Waals surface area (Å²) in [6.07, 6.45) is -4.71. The van der Waals surface area contributed by atoms with Gasteiger partial charge in [-0.3, -0.25) is 4.98 Å². The number of ether oxygens (including phenoxy) is 1. The number of nitrogens with two attached hydrogens (primary N) is 1. The molecule has 0 fully saturated rings. The lowest BCUT2D eigenvalue weighted by molar-refractivity contribution is -0.274. The van der Waals surface area contributed by atoms with Crippen LogP contribution in [0.5, 0.6) is 5.75 Å². The summed E-state index contributed by atoms with van der Waals surface area (Å²) < 4.78 is 40.0. The number of nitrogens with one attached hydrogen (secondary N) is 1. The molecule has 0 atom stereocenters. The quantitative estimate of drug-likeness (QED) is 0.420. The number of aliphatic imine (C=N–C) groups is 1. The van der Waals surface area contributed by atoms with E-state index in [1.54, 1.807) is 0 Å². The average molecular weight is 452 g/mol. The molecular weight excluding hydrogens is 436 g/mol. The number of hydrogen-bond acceptors (Lipinski definition) is 3. The van der Waals surface area contributed by atoms with Gasteiger partial charge >= 0.3 is 6.36 Å². The molecule has 0 aliphatic heterocycles. The van der Waals surface area contributed by atoms with Gasteiger partial charge in [-0.15, -0.1) is 37.1 Å². The molecule has 2 rings (SSSR count). The fraction of sp³-hybridized carbons (Fsp3) is 0.200. The van der Waals surface area contributed by atoms with Crippen LogP contribution in [0.3, 0.4) is 0 Å². The minimum absolute atomic E-state index is 0. The summed E-state index contributed by atoms with van der Waals surface area (Å²) >= 11 is 0. The predicted molar refractivity (Wildman–Crippen MR) is 96.5 cm³/mol. The fourth-order valence-corrected chi connectivity index (χ4v) is 1.78. The number of alkyl halides is 3. The monoisotopic (exact) mass is 452 g/mol. The Morgan fingerprint density at radius 3 is 2.46 bits per heavy atom. The number of guanidine groups is 1. The van der Waals surface area contributed by atoms with E-state index in [4.69, 9.17) is 5.73 Å². The zero-order chi connectivity index (χ0) is 16.9. The third-order valence-electron chi connectivity index (χ3n) is 2.72. The fourth-order valence-electron chi connectivity index (χ4n) is 1.78. The first-order chi connectivity index (χ1) is 10.8. The van der Waals surface area contributed by atoms with E-state index in [1.165, 1.54) is 24.3 Å². The van der Waals surface area contributed by atoms with Gasteiger partial charge in [-0.05, 0) is 43.3 Å². The Kier molecular flexibility index (Phi) is 7.26. The third-order valence-corrected chi connectivity index (χ3v) is 2.72. The van der Waals surface area contributed by atoms with E-state index < -0.39 is 6.36 Å². The Morgan fingerprint density at radius 1 is 1.21 bits per heavy atom. The van der Waals surface area contributed by atoms with Crippen LogP contribution in [0.1, 0.15) is 11.4 Å². The van der Waals surface area contributed by atoms with E-state index in [-0.39, 0.29) is 35.7 Å². The molecule has 130 valence electrons. The first-order valence-corrected chi connectivity index (χ1v) is 6.67. The molecule has 0 spiro atoms. The SMILES string of the molecule is Cc1cccc(CN=C(N)Nc2ccc(OC(F)(F)F)cc2)n1.I. The van der Waals surface area contributed by atoms with Gasteiger partial charge < -0.3 is 15.8 Å². The number of hydrogen-bond donors (Lipinski definition) is 2. The zero-order valence-electron chi connectivity index (χ0n) is 12.7. The van der Waals surface area contributed by atoms with E-state index >= 15 is 0 Å². The molecule has 0 amide bonds. The van der Waals surface area contributed by atoms with Gasteiger partial charge in [0, 0.05) is 11.4 Å². The lowest BCUT2D eigenvalue weighted by Gasteiger charge is -2.10. The molecule has 0 bridgehead atoms. The van der Waals surface area contributed by atoms with E-state index in [2.05, 4.69) is 20.0 Å². The summed E-state index contributed by atoms with van der Waals surface area (Å²) in [5.41, 5.74) is 7.88. The number of benzene rings is 1. The second-order valence-corrected chi connectivity index (χ2v) is 4.67. The molecule has 3 N–H and O–H groups in total. The van der Waals surface area contributed by atoms with Gasteiger partial charge in [0.25, 0.3) is 0 Å². The Bertz CT molecular complexity index is 690. The minimum atomic E-state index is -4.71. The molecule has 1 heterocycles. The first-order valence-electron chi connectivity index (χ1n) is 6.67. The standard InChI is InChI=1S/C15H15F3N4O.HI/c1-10-3-2-4-12(21-10)9-20-14(19)22-11-5-7-13(8-6-11)23-15(16,17)18;/h2-8H,9H2,1H3,(H3,19,20,22);1H. The number of aryl methyl sites for hydroxylation is 1. The molecule has 1 aromatic carbocycles. The molecular formula is C15H16F3IN4O. The second-order valence-electron chi connectivity index (χ2n) is 4.67. The van der Waals surface area contributed by atoms with E-state index in [0.717, 1.165) is 11.4 Å². The molecule has 0 saturated carbocycles. The first kappa shape index (κ1) is 20.0. The molecule has 5 nitrogen and oxygen atoms in total. The number of halogens is 4. The molecule has 0 saturated heterocycles. The summed E-state index contributed by atoms with van der Waals surface area (Å²) in [5, 5.41) is 2.78. The van der Waals surface area contributed by atoms with Crippen molar-refractivity contribution in [2.24, 2.45) is 10.7 Å². The lowest BCUT2D eigenvalue weighted by atomic mass is 10.3. The smallest absolute Gasteiger partial charge is 0.406 e. The summed E-state index contributed by atoms with van der Waals surface area (Å²) in [5.74, 6) is -0.166. The Morgan fingerprint density at radius 2 is 1.88 bits per heavy atom. The molecule has 9 heteroatoms. The van der Waals surface area contributed by atoms with Gasteiger partial charge in [-0.1, -0.05) is 6.07 Å². The molecule has 1 aromatic heterocycles. The van der Waals surface area contributed by atoms with Gasteiger partial charge in [0.05, 0.1) is 12.2 Å². The number of rotatable bonds is 4. The van der Waals surface area contributed by atoms with Crippen molar-refractivity contribution in [3.05, 3.63) is 53.9 Å². The van der Waals surface area contributed by atoms with Gasteiger partial charge in [0.15, 0.2) is 5.96 Å². The normalized spacial score (nSPS) is 11.6. The summed E-state index contributed by atoms with van der Waals surface area (Å²) in [7, 11) is 0. The highest BCUT2D eigenvalue weighted by Gasteiger charge is 2.30. The maximum Gasteiger partial charge on any atom is 0.573 e. The Hall–Kier alpha value is -2.04. The second kappa shape index (κ2) is 8.71. The largest absolute Gasteiger partial charge is 0.573 e. The summed E-state index contributed by atoms with van der Waals surface area (Å²) in [6.45, 7) is 2.18. The van der Waals surface area contributed by atoms with Crippen molar-refractivity contribution in [2.45, 2.75) is 19.8 Å². The number of aromatic nitrogens is 1. The molecule has 2 aromatic rings. The van der Waals surface area contributed by atoms with Crippen molar-refractivity contribution in [1.29, 1.82) is 0 Å². The van der Waals surface area contributed by atoms with Crippen molar-refractivity contribution >= 4 is 35.6 Å². The number of anilines is 1. The predicted octanol–water partition coefficient (Wildman–Crippen LogP) is 3.83. The maximum absolute atomic E-state index is 12.1. The highest BCUT2D eigenvalue weighted by atomic mass is 127. The topological polar surface area (TPSA) is 72.5 Å². The van der Waals surface area contributed by atoms with E-state index in [0.29, 0.717) is 12.2 Å². The molecule has 0 radical (unpaired) electrons. The van der Waals surface area contributed by atoms with Crippen LogP contribution in [0.25, 0.3) is 0 Å². The highest BCUT2D eigenvalue weighted by molar-refractivity contribution is 14.0. The van der Waals surface area contributed by atoms with E-state index in [1.807, 2.05) is 25.1 Å². The van der Waals surface area contributed by atoms with Crippen molar-refractivity contribution in [2.75, 3.05) is 5.32 Å².